The van der Waals surface area contributed by atoms with Crippen molar-refractivity contribution in [2.45, 2.75) is 6.42 Å². The van der Waals surface area contributed by atoms with Crippen molar-refractivity contribution in [3.05, 3.63) is 59.1 Å². The fraction of sp³-hybridized carbons (Fsp3) is 0.250. The van der Waals surface area contributed by atoms with Crippen molar-refractivity contribution in [2.75, 3.05) is 25.2 Å². The Bertz CT molecular complexity index is 868. The number of ether oxygens (including phenoxy) is 2. The molecule has 6 nitrogen and oxygen atoms in total. The van der Waals surface area contributed by atoms with Gasteiger partial charge in [-0.2, -0.15) is 0 Å². The van der Waals surface area contributed by atoms with Crippen molar-refractivity contribution < 1.29 is 23.9 Å². The number of anilines is 1. The van der Waals surface area contributed by atoms with E-state index < -0.39 is 11.9 Å². The van der Waals surface area contributed by atoms with Gasteiger partial charge in [-0.05, 0) is 18.2 Å². The van der Waals surface area contributed by atoms with E-state index in [0.717, 1.165) is 0 Å². The Labute approximate surface area is 161 Å². The summed E-state index contributed by atoms with van der Waals surface area (Å²) in [5.74, 6) is -1.25. The van der Waals surface area contributed by atoms with E-state index in [-0.39, 0.29) is 31.3 Å². The lowest BCUT2D eigenvalue weighted by Gasteiger charge is -2.19. The highest BCUT2D eigenvalue weighted by molar-refractivity contribution is 6.31. The van der Waals surface area contributed by atoms with Crippen LogP contribution in [-0.4, -0.2) is 37.9 Å². The van der Waals surface area contributed by atoms with Crippen LogP contribution >= 0.6 is 11.6 Å². The smallest absolute Gasteiger partial charge is 0.311 e. The minimum Gasteiger partial charge on any atom is -0.495 e. The number of carbonyl (C=O) groups excluding carboxylic acids is 3. The molecular formula is C20H18ClNO5. The van der Waals surface area contributed by atoms with Gasteiger partial charge in [0, 0.05) is 23.6 Å². The maximum absolute atomic E-state index is 12.4. The average Bonchev–Trinajstić information content (AvgIpc) is 3.08. The highest BCUT2D eigenvalue weighted by Gasteiger charge is 2.37. The predicted octanol–water partition coefficient (Wildman–Crippen LogP) is 3.13. The summed E-state index contributed by atoms with van der Waals surface area (Å²) in [5.41, 5.74) is 0.976. The van der Waals surface area contributed by atoms with Crippen molar-refractivity contribution in [1.29, 1.82) is 0 Å². The van der Waals surface area contributed by atoms with Crippen LogP contribution in [0.3, 0.4) is 0 Å². The molecule has 2 aromatic rings. The second-order valence-electron chi connectivity index (χ2n) is 6.12. The van der Waals surface area contributed by atoms with Gasteiger partial charge in [0.25, 0.3) is 0 Å². The van der Waals surface area contributed by atoms with Crippen LogP contribution < -0.4 is 9.64 Å². The lowest BCUT2D eigenvalue weighted by molar-refractivity contribution is -0.147. The number of halogens is 1. The number of carbonyl (C=O) groups is 3. The van der Waals surface area contributed by atoms with E-state index in [9.17, 15) is 14.4 Å². The number of Topliss-reactive ketones (excluding diaryl/α,β-unsaturated/α-hetero) is 1. The van der Waals surface area contributed by atoms with Crippen LogP contribution in [0.4, 0.5) is 5.69 Å². The standard InChI is InChI=1S/C20H18ClNO5/c1-26-18-8-7-15(21)10-16(18)22-11-14(9-19(22)24)20(25)27-12-17(23)13-5-3-2-4-6-13/h2-8,10,14H,9,11-12H2,1H3. The van der Waals surface area contributed by atoms with Crippen molar-refractivity contribution in [3.63, 3.8) is 0 Å². The average molecular weight is 388 g/mol. The molecule has 0 aromatic heterocycles. The van der Waals surface area contributed by atoms with Gasteiger partial charge >= 0.3 is 5.97 Å². The third-order valence-corrected chi connectivity index (χ3v) is 4.57. The highest BCUT2D eigenvalue weighted by Crippen LogP contribution is 2.35. The zero-order chi connectivity index (χ0) is 19.4. The number of rotatable bonds is 6. The van der Waals surface area contributed by atoms with Crippen LogP contribution in [0.1, 0.15) is 16.8 Å². The molecule has 140 valence electrons. The number of benzene rings is 2. The number of methoxy groups -OCH3 is 1. The maximum Gasteiger partial charge on any atom is 0.311 e. The van der Waals surface area contributed by atoms with Gasteiger partial charge < -0.3 is 14.4 Å². The third-order valence-electron chi connectivity index (χ3n) is 4.33. The summed E-state index contributed by atoms with van der Waals surface area (Å²) < 4.78 is 10.4. The molecule has 7 heteroatoms. The predicted molar refractivity (Wildman–Crippen MR) is 100 cm³/mol. The molecule has 1 atom stereocenters. The minimum absolute atomic E-state index is 0.00796. The number of amides is 1. The van der Waals surface area contributed by atoms with Crippen molar-refractivity contribution in [1.82, 2.24) is 0 Å². The molecule has 1 amide bonds. The summed E-state index contributed by atoms with van der Waals surface area (Å²) >= 11 is 6.02. The van der Waals surface area contributed by atoms with Crippen LogP contribution in [0.2, 0.25) is 5.02 Å². The topological polar surface area (TPSA) is 72.9 Å². The zero-order valence-corrected chi connectivity index (χ0v) is 15.4. The normalized spacial score (nSPS) is 16.3. The van der Waals surface area contributed by atoms with Gasteiger partial charge in [0.15, 0.2) is 12.4 Å². The molecule has 27 heavy (non-hydrogen) atoms. The van der Waals surface area contributed by atoms with Crippen molar-refractivity contribution >= 4 is 34.9 Å². The van der Waals surface area contributed by atoms with E-state index in [2.05, 4.69) is 0 Å². The zero-order valence-electron chi connectivity index (χ0n) is 14.7. The molecule has 0 spiro atoms. The summed E-state index contributed by atoms with van der Waals surface area (Å²) in [6.07, 6.45) is 0.00796. The molecule has 0 N–H and O–H groups in total. The van der Waals surface area contributed by atoms with Gasteiger partial charge in [-0.15, -0.1) is 0 Å². The first-order chi connectivity index (χ1) is 13.0. The quantitative estimate of drug-likeness (QED) is 0.562. The molecule has 0 bridgehead atoms. The van der Waals surface area contributed by atoms with E-state index in [1.807, 2.05) is 0 Å². The molecule has 0 radical (unpaired) electrons. The Kier molecular flexibility index (Phi) is 5.76. The first kappa shape index (κ1) is 18.9. The second-order valence-corrected chi connectivity index (χ2v) is 6.55. The Balaban J connectivity index is 1.64. The summed E-state index contributed by atoms with van der Waals surface area (Å²) in [5, 5.41) is 0.457. The molecule has 0 aliphatic carbocycles. The van der Waals surface area contributed by atoms with Crippen LogP contribution in [0, 0.1) is 5.92 Å². The Morgan fingerprint density at radius 1 is 1.19 bits per heavy atom. The lowest BCUT2D eigenvalue weighted by Crippen LogP contribution is -2.27. The molecule has 1 heterocycles. The molecule has 1 unspecified atom stereocenters. The van der Waals surface area contributed by atoms with E-state index in [4.69, 9.17) is 21.1 Å². The van der Waals surface area contributed by atoms with Gasteiger partial charge in [-0.25, -0.2) is 0 Å². The molecule has 1 aliphatic heterocycles. The van der Waals surface area contributed by atoms with E-state index in [1.54, 1.807) is 48.5 Å². The third kappa shape index (κ3) is 4.28. The molecular weight excluding hydrogens is 370 g/mol. The van der Waals surface area contributed by atoms with Crippen molar-refractivity contribution in [2.24, 2.45) is 5.92 Å². The van der Waals surface area contributed by atoms with Crippen LogP contribution in [0.25, 0.3) is 0 Å². The number of esters is 1. The number of hydrogen-bond acceptors (Lipinski definition) is 5. The fourth-order valence-electron chi connectivity index (χ4n) is 2.93. The molecule has 0 saturated carbocycles. The second kappa shape index (κ2) is 8.22. The van der Waals surface area contributed by atoms with Gasteiger partial charge in [0.05, 0.1) is 18.7 Å². The molecule has 1 saturated heterocycles. The molecule has 1 aliphatic rings. The van der Waals surface area contributed by atoms with Gasteiger partial charge in [-0.1, -0.05) is 41.9 Å². The fourth-order valence-corrected chi connectivity index (χ4v) is 3.10. The van der Waals surface area contributed by atoms with Gasteiger partial charge in [0.1, 0.15) is 5.75 Å². The van der Waals surface area contributed by atoms with Crippen LogP contribution in [0.5, 0.6) is 5.75 Å². The summed E-state index contributed by atoms with van der Waals surface area (Å²) in [7, 11) is 1.49. The molecule has 3 rings (SSSR count). The maximum atomic E-state index is 12.4. The van der Waals surface area contributed by atoms with E-state index >= 15 is 0 Å². The van der Waals surface area contributed by atoms with Crippen molar-refractivity contribution in [3.8, 4) is 5.75 Å². The Morgan fingerprint density at radius 2 is 1.93 bits per heavy atom. The van der Waals surface area contributed by atoms with E-state index in [1.165, 1.54) is 12.0 Å². The van der Waals surface area contributed by atoms with Crippen LogP contribution in [0.15, 0.2) is 48.5 Å². The summed E-state index contributed by atoms with van der Waals surface area (Å²) in [4.78, 5) is 38.2. The summed E-state index contributed by atoms with van der Waals surface area (Å²) in [6, 6.07) is 13.5. The minimum atomic E-state index is -0.648. The Hall–Kier alpha value is -2.86. The monoisotopic (exact) mass is 387 g/mol. The van der Waals surface area contributed by atoms with Gasteiger partial charge in [0.2, 0.25) is 5.91 Å². The lowest BCUT2D eigenvalue weighted by atomic mass is 10.1. The SMILES string of the molecule is COc1ccc(Cl)cc1N1CC(C(=O)OCC(=O)c2ccccc2)CC1=O. The molecule has 2 aromatic carbocycles. The molecule has 1 fully saturated rings. The van der Waals surface area contributed by atoms with E-state index in [0.29, 0.717) is 22.0 Å². The highest BCUT2D eigenvalue weighted by atomic mass is 35.5. The first-order valence-electron chi connectivity index (χ1n) is 8.38. The Morgan fingerprint density at radius 3 is 2.63 bits per heavy atom. The number of hydrogen-bond donors (Lipinski definition) is 0. The first-order valence-corrected chi connectivity index (χ1v) is 8.76. The largest absolute Gasteiger partial charge is 0.495 e. The summed E-state index contributed by atoms with van der Waals surface area (Å²) in [6.45, 7) is -0.206. The van der Waals surface area contributed by atoms with Crippen LogP contribution in [-0.2, 0) is 14.3 Å². The number of nitrogens with zero attached hydrogens (tertiary/aromatic N) is 1. The van der Waals surface area contributed by atoms with Gasteiger partial charge in [-0.3, -0.25) is 14.4 Å². The number of ketones is 1.